The fourth-order valence-electron chi connectivity index (χ4n) is 1.39. The van der Waals surface area contributed by atoms with Crippen molar-refractivity contribution in [1.82, 2.24) is 9.97 Å². The van der Waals surface area contributed by atoms with E-state index in [9.17, 15) is 4.79 Å². The average molecular weight is 246 g/mol. The highest BCUT2D eigenvalue weighted by Crippen LogP contribution is 2.21. The molecule has 1 aromatic heterocycles. The summed E-state index contributed by atoms with van der Waals surface area (Å²) in [6, 6.07) is 9.25. The molecule has 0 bridgehead atoms. The molecule has 0 saturated heterocycles. The lowest BCUT2D eigenvalue weighted by atomic mass is 10.1. The molecule has 0 saturated carbocycles. The van der Waals surface area contributed by atoms with Crippen LogP contribution in [0.25, 0.3) is 11.3 Å². The average Bonchev–Trinajstić information content (AvgIpc) is 2.39. The Labute approximate surface area is 103 Å². The normalized spacial score (nSPS) is 10.2. The molecule has 1 heterocycles. The van der Waals surface area contributed by atoms with Crippen LogP contribution in [0.4, 0.5) is 0 Å². The maximum absolute atomic E-state index is 10.8. The Morgan fingerprint density at radius 1 is 1.24 bits per heavy atom. The predicted octanol–water partition coefficient (Wildman–Crippen LogP) is 2.56. The topological polar surface area (TPSA) is 63.1 Å². The Kier molecular flexibility index (Phi) is 3.39. The largest absolute Gasteiger partial charge is 0.477 e. The fraction of sp³-hybridized carbons (Fsp3) is 0.0833. The molecule has 0 atom stereocenters. The minimum atomic E-state index is -1.05. The van der Waals surface area contributed by atoms with E-state index in [1.807, 2.05) is 30.5 Å². The molecule has 4 nitrogen and oxygen atoms in total. The van der Waals surface area contributed by atoms with E-state index in [-0.39, 0.29) is 5.69 Å². The minimum Gasteiger partial charge on any atom is -0.477 e. The van der Waals surface area contributed by atoms with Crippen molar-refractivity contribution < 1.29 is 9.90 Å². The molecular weight excluding hydrogens is 236 g/mol. The van der Waals surface area contributed by atoms with Crippen molar-refractivity contribution in [2.75, 3.05) is 6.26 Å². The van der Waals surface area contributed by atoms with E-state index in [0.29, 0.717) is 5.69 Å². The second kappa shape index (κ2) is 4.97. The van der Waals surface area contributed by atoms with Gasteiger partial charge in [0.25, 0.3) is 0 Å². The number of thioether (sulfide) groups is 1. The van der Waals surface area contributed by atoms with Gasteiger partial charge in [0.1, 0.15) is 6.33 Å². The zero-order chi connectivity index (χ0) is 12.3. The zero-order valence-corrected chi connectivity index (χ0v) is 9.94. The highest BCUT2D eigenvalue weighted by molar-refractivity contribution is 7.98. The molecule has 0 aliphatic rings. The molecule has 0 spiro atoms. The summed E-state index contributed by atoms with van der Waals surface area (Å²) < 4.78 is 0. The lowest BCUT2D eigenvalue weighted by Crippen LogP contribution is -2.01. The molecule has 5 heteroatoms. The van der Waals surface area contributed by atoms with Gasteiger partial charge in [-0.05, 0) is 24.5 Å². The van der Waals surface area contributed by atoms with E-state index in [4.69, 9.17) is 5.11 Å². The van der Waals surface area contributed by atoms with Gasteiger partial charge < -0.3 is 5.11 Å². The van der Waals surface area contributed by atoms with Gasteiger partial charge in [0, 0.05) is 10.5 Å². The van der Waals surface area contributed by atoms with Crippen molar-refractivity contribution in [3.63, 3.8) is 0 Å². The summed E-state index contributed by atoms with van der Waals surface area (Å²) in [5, 5.41) is 8.84. The summed E-state index contributed by atoms with van der Waals surface area (Å²) in [6.45, 7) is 0. The molecule has 0 unspecified atom stereocenters. The van der Waals surface area contributed by atoms with Gasteiger partial charge in [-0.3, -0.25) is 0 Å². The van der Waals surface area contributed by atoms with Gasteiger partial charge in [0.15, 0.2) is 5.69 Å². The number of aromatic carboxylic acids is 1. The van der Waals surface area contributed by atoms with Crippen LogP contribution < -0.4 is 0 Å². The van der Waals surface area contributed by atoms with E-state index in [0.717, 1.165) is 10.5 Å². The highest BCUT2D eigenvalue weighted by atomic mass is 32.2. The fourth-order valence-corrected chi connectivity index (χ4v) is 1.80. The number of hydrogen-bond acceptors (Lipinski definition) is 4. The number of rotatable bonds is 3. The Hall–Kier alpha value is -1.88. The third-order valence-corrected chi connectivity index (χ3v) is 3.02. The Morgan fingerprint density at radius 2 is 1.94 bits per heavy atom. The number of carboxylic acids is 1. The van der Waals surface area contributed by atoms with E-state index in [1.165, 1.54) is 12.4 Å². The summed E-state index contributed by atoms with van der Waals surface area (Å²) in [7, 11) is 0. The number of carbonyl (C=O) groups is 1. The lowest BCUT2D eigenvalue weighted by molar-refractivity contribution is 0.0690. The van der Waals surface area contributed by atoms with Gasteiger partial charge in [-0.15, -0.1) is 11.8 Å². The van der Waals surface area contributed by atoms with Crippen molar-refractivity contribution in [2.24, 2.45) is 0 Å². The van der Waals surface area contributed by atoms with Crippen LogP contribution in [0.1, 0.15) is 10.5 Å². The second-order valence-electron chi connectivity index (χ2n) is 3.32. The first-order valence-corrected chi connectivity index (χ1v) is 6.13. The van der Waals surface area contributed by atoms with Crippen LogP contribution in [-0.2, 0) is 0 Å². The van der Waals surface area contributed by atoms with Crippen LogP contribution in [0, 0.1) is 0 Å². The van der Waals surface area contributed by atoms with Crippen LogP contribution >= 0.6 is 11.8 Å². The Bertz CT molecular complexity index is 540. The van der Waals surface area contributed by atoms with Gasteiger partial charge in [0.05, 0.1) is 5.69 Å². The smallest absolute Gasteiger partial charge is 0.354 e. The number of carboxylic acid groups (broad SMARTS) is 1. The van der Waals surface area contributed by atoms with Gasteiger partial charge in [-0.25, -0.2) is 14.8 Å². The summed E-state index contributed by atoms with van der Waals surface area (Å²) in [6.07, 6.45) is 3.27. The van der Waals surface area contributed by atoms with Crippen LogP contribution in [0.5, 0.6) is 0 Å². The minimum absolute atomic E-state index is 0.00365. The first-order chi connectivity index (χ1) is 8.20. The summed E-state index contributed by atoms with van der Waals surface area (Å²) in [5.41, 5.74) is 1.50. The zero-order valence-electron chi connectivity index (χ0n) is 9.12. The number of nitrogens with zero attached hydrogens (tertiary/aromatic N) is 2. The first kappa shape index (κ1) is 11.6. The summed E-state index contributed by atoms with van der Waals surface area (Å²) in [5.74, 6) is -1.05. The van der Waals surface area contributed by atoms with Crippen LogP contribution in [0.15, 0.2) is 41.6 Å². The number of aromatic nitrogens is 2. The first-order valence-electron chi connectivity index (χ1n) is 4.90. The van der Waals surface area contributed by atoms with Crippen molar-refractivity contribution >= 4 is 17.7 Å². The molecule has 2 rings (SSSR count). The van der Waals surface area contributed by atoms with Crippen LogP contribution in [0.2, 0.25) is 0 Å². The van der Waals surface area contributed by atoms with E-state index in [2.05, 4.69) is 9.97 Å². The third-order valence-electron chi connectivity index (χ3n) is 2.27. The van der Waals surface area contributed by atoms with Gasteiger partial charge in [0.2, 0.25) is 0 Å². The monoisotopic (exact) mass is 246 g/mol. The molecule has 0 amide bonds. The maximum atomic E-state index is 10.8. The maximum Gasteiger partial charge on any atom is 0.354 e. The van der Waals surface area contributed by atoms with Gasteiger partial charge in [-0.2, -0.15) is 0 Å². The van der Waals surface area contributed by atoms with E-state index in [1.54, 1.807) is 11.8 Å². The van der Waals surface area contributed by atoms with Crippen LogP contribution in [0.3, 0.4) is 0 Å². The molecule has 1 N–H and O–H groups in total. The number of benzene rings is 1. The molecule has 0 aliphatic heterocycles. The second-order valence-corrected chi connectivity index (χ2v) is 4.20. The molecule has 2 aromatic rings. The molecule has 0 aliphatic carbocycles. The molecule has 1 aromatic carbocycles. The molecule has 0 radical (unpaired) electrons. The summed E-state index contributed by atoms with van der Waals surface area (Å²) in [4.78, 5) is 19.7. The van der Waals surface area contributed by atoms with Gasteiger partial charge >= 0.3 is 5.97 Å². The molecule has 17 heavy (non-hydrogen) atoms. The quantitative estimate of drug-likeness (QED) is 0.843. The molecular formula is C12H10N2O2S. The Balaban J connectivity index is 2.38. The Morgan fingerprint density at radius 3 is 2.53 bits per heavy atom. The van der Waals surface area contributed by atoms with E-state index < -0.39 is 5.97 Å². The van der Waals surface area contributed by atoms with Crippen molar-refractivity contribution in [2.45, 2.75) is 4.90 Å². The molecule has 86 valence electrons. The number of hydrogen-bond donors (Lipinski definition) is 1. The lowest BCUT2D eigenvalue weighted by Gasteiger charge is -2.02. The highest BCUT2D eigenvalue weighted by Gasteiger charge is 2.07. The SMILES string of the molecule is CSc1ccc(-c2cc(C(=O)O)ncn2)cc1. The molecule has 0 fully saturated rings. The van der Waals surface area contributed by atoms with Crippen molar-refractivity contribution in [3.8, 4) is 11.3 Å². The standard InChI is InChI=1S/C12H10N2O2S/c1-17-9-4-2-8(3-5-9)10-6-11(12(15)16)14-7-13-10/h2-7H,1H3,(H,15,16). The third kappa shape index (κ3) is 2.62. The van der Waals surface area contributed by atoms with E-state index >= 15 is 0 Å². The van der Waals surface area contributed by atoms with Crippen LogP contribution in [-0.4, -0.2) is 27.3 Å². The van der Waals surface area contributed by atoms with Gasteiger partial charge in [-0.1, -0.05) is 12.1 Å². The predicted molar refractivity (Wildman–Crippen MR) is 66.2 cm³/mol. The summed E-state index contributed by atoms with van der Waals surface area (Å²) >= 11 is 1.65. The van der Waals surface area contributed by atoms with Crippen molar-refractivity contribution in [1.29, 1.82) is 0 Å². The van der Waals surface area contributed by atoms with Crippen molar-refractivity contribution in [3.05, 3.63) is 42.4 Å².